The number of likely N-dealkylation sites (tertiary alicyclic amines) is 2. The summed E-state index contributed by atoms with van der Waals surface area (Å²) in [5.41, 5.74) is 0. The van der Waals surface area contributed by atoms with Crippen molar-refractivity contribution in [3.8, 4) is 0 Å². The number of carbonyl (C=O) groups is 2. The lowest BCUT2D eigenvalue weighted by Crippen LogP contribution is -2.42. The first-order valence-electron chi connectivity index (χ1n) is 7.37. The molecule has 0 saturated carbocycles. The first kappa shape index (κ1) is 14.3. The van der Waals surface area contributed by atoms with Gasteiger partial charge in [0, 0.05) is 19.5 Å². The summed E-state index contributed by atoms with van der Waals surface area (Å²) >= 11 is 0. The van der Waals surface area contributed by atoms with E-state index in [4.69, 9.17) is 5.11 Å². The van der Waals surface area contributed by atoms with Gasteiger partial charge >= 0.3 is 5.97 Å². The monoisotopic (exact) mass is 268 g/mol. The summed E-state index contributed by atoms with van der Waals surface area (Å²) in [6.07, 6.45) is 5.40. The minimum atomic E-state index is -0.702. The molecule has 0 bridgehead atoms. The Morgan fingerprint density at radius 3 is 2.26 bits per heavy atom. The summed E-state index contributed by atoms with van der Waals surface area (Å²) in [7, 11) is 0. The van der Waals surface area contributed by atoms with Crippen molar-refractivity contribution in [1.29, 1.82) is 0 Å². The number of carboxylic acid groups (broad SMARTS) is 1. The van der Waals surface area contributed by atoms with E-state index in [1.807, 2.05) is 4.90 Å². The highest BCUT2D eigenvalue weighted by Gasteiger charge is 2.24. The number of carbonyl (C=O) groups excluding carboxylic acids is 1. The molecule has 0 aromatic heterocycles. The van der Waals surface area contributed by atoms with Crippen LogP contribution in [0.1, 0.15) is 38.5 Å². The Bertz CT molecular complexity index is 319. The quantitative estimate of drug-likeness (QED) is 0.813. The molecule has 1 N–H and O–H groups in total. The lowest BCUT2D eigenvalue weighted by Gasteiger charge is -2.32. The van der Waals surface area contributed by atoms with Gasteiger partial charge in [-0.3, -0.25) is 14.5 Å². The summed E-state index contributed by atoms with van der Waals surface area (Å²) < 4.78 is 0. The maximum absolute atomic E-state index is 12.0. The lowest BCUT2D eigenvalue weighted by atomic mass is 9.92. The van der Waals surface area contributed by atoms with Crippen LogP contribution in [0.4, 0.5) is 0 Å². The molecule has 0 atom stereocenters. The molecular weight excluding hydrogens is 244 g/mol. The molecule has 0 unspecified atom stereocenters. The minimum absolute atomic E-state index is 0.265. The van der Waals surface area contributed by atoms with Crippen molar-refractivity contribution < 1.29 is 14.7 Å². The number of carboxylic acids is 1. The maximum Gasteiger partial charge on any atom is 0.303 e. The second kappa shape index (κ2) is 6.89. The maximum atomic E-state index is 12.0. The van der Waals surface area contributed by atoms with E-state index in [1.54, 1.807) is 0 Å². The van der Waals surface area contributed by atoms with Gasteiger partial charge in [0.15, 0.2) is 0 Å². The number of rotatable bonds is 5. The number of hydrogen-bond acceptors (Lipinski definition) is 3. The molecule has 2 fully saturated rings. The standard InChI is InChI=1S/C14H24N2O3/c17-13(16-7-1-2-8-16)11-15-9-5-12(6-10-15)3-4-14(18)19/h12H,1-11H2,(H,18,19). The molecule has 0 radical (unpaired) electrons. The summed E-state index contributed by atoms with van der Waals surface area (Å²) in [6.45, 7) is 4.27. The molecule has 0 aromatic carbocycles. The lowest BCUT2D eigenvalue weighted by molar-refractivity contribution is -0.137. The molecular formula is C14H24N2O3. The van der Waals surface area contributed by atoms with Crippen molar-refractivity contribution in [2.24, 2.45) is 5.92 Å². The van der Waals surface area contributed by atoms with Crippen molar-refractivity contribution in [2.75, 3.05) is 32.7 Å². The fourth-order valence-electron chi connectivity index (χ4n) is 3.02. The Balaban J connectivity index is 1.65. The van der Waals surface area contributed by atoms with E-state index >= 15 is 0 Å². The molecule has 0 aliphatic carbocycles. The third-order valence-corrected chi connectivity index (χ3v) is 4.29. The summed E-state index contributed by atoms with van der Waals surface area (Å²) in [6, 6.07) is 0. The zero-order chi connectivity index (χ0) is 13.7. The van der Waals surface area contributed by atoms with Crippen LogP contribution < -0.4 is 0 Å². The Labute approximate surface area is 114 Å². The predicted molar refractivity (Wildman–Crippen MR) is 71.8 cm³/mol. The Hall–Kier alpha value is -1.10. The van der Waals surface area contributed by atoms with Gasteiger partial charge in [-0.2, -0.15) is 0 Å². The summed E-state index contributed by atoms with van der Waals surface area (Å²) in [5, 5.41) is 8.68. The molecule has 5 heteroatoms. The van der Waals surface area contributed by atoms with Gasteiger partial charge in [-0.25, -0.2) is 0 Å². The predicted octanol–water partition coefficient (Wildman–Crippen LogP) is 1.19. The average Bonchev–Trinajstić information content (AvgIpc) is 2.92. The second-order valence-electron chi connectivity index (χ2n) is 5.74. The van der Waals surface area contributed by atoms with Gasteiger partial charge in [0.25, 0.3) is 0 Å². The van der Waals surface area contributed by atoms with E-state index in [-0.39, 0.29) is 12.3 Å². The van der Waals surface area contributed by atoms with Gasteiger partial charge in [-0.05, 0) is 51.1 Å². The van der Waals surface area contributed by atoms with Gasteiger partial charge in [-0.1, -0.05) is 0 Å². The average molecular weight is 268 g/mol. The highest BCUT2D eigenvalue weighted by molar-refractivity contribution is 5.78. The van der Waals surface area contributed by atoms with E-state index in [0.29, 0.717) is 12.5 Å². The first-order chi connectivity index (χ1) is 9.15. The molecule has 2 rings (SSSR count). The third-order valence-electron chi connectivity index (χ3n) is 4.29. The second-order valence-corrected chi connectivity index (χ2v) is 5.74. The summed E-state index contributed by atoms with van der Waals surface area (Å²) in [5.74, 6) is 0.0855. The highest BCUT2D eigenvalue weighted by atomic mass is 16.4. The van der Waals surface area contributed by atoms with Gasteiger partial charge in [0.1, 0.15) is 0 Å². The molecule has 2 aliphatic heterocycles. The van der Waals surface area contributed by atoms with Crippen LogP contribution in [-0.4, -0.2) is 59.5 Å². The van der Waals surface area contributed by atoms with Crippen LogP contribution in [0.25, 0.3) is 0 Å². The van der Waals surface area contributed by atoms with Gasteiger partial charge < -0.3 is 10.0 Å². The first-order valence-corrected chi connectivity index (χ1v) is 7.37. The zero-order valence-corrected chi connectivity index (χ0v) is 11.5. The number of amides is 1. The van der Waals surface area contributed by atoms with E-state index in [0.717, 1.165) is 58.3 Å². The van der Waals surface area contributed by atoms with Gasteiger partial charge in [-0.15, -0.1) is 0 Å². The van der Waals surface area contributed by atoms with Crippen LogP contribution in [0.5, 0.6) is 0 Å². The van der Waals surface area contributed by atoms with Crippen LogP contribution in [0.3, 0.4) is 0 Å². The van der Waals surface area contributed by atoms with Crippen LogP contribution in [-0.2, 0) is 9.59 Å². The molecule has 0 spiro atoms. The van der Waals surface area contributed by atoms with Crippen LogP contribution in [0.2, 0.25) is 0 Å². The Morgan fingerprint density at radius 2 is 1.68 bits per heavy atom. The van der Waals surface area contributed by atoms with Crippen LogP contribution >= 0.6 is 0 Å². The van der Waals surface area contributed by atoms with E-state index in [2.05, 4.69) is 4.90 Å². The third kappa shape index (κ3) is 4.49. The molecule has 108 valence electrons. The fourth-order valence-corrected chi connectivity index (χ4v) is 3.02. The fraction of sp³-hybridized carbons (Fsp3) is 0.857. The topological polar surface area (TPSA) is 60.9 Å². The smallest absolute Gasteiger partial charge is 0.303 e. The number of aliphatic carboxylic acids is 1. The normalized spacial score (nSPS) is 21.8. The van der Waals surface area contributed by atoms with Crippen molar-refractivity contribution in [3.63, 3.8) is 0 Å². The minimum Gasteiger partial charge on any atom is -0.481 e. The molecule has 2 heterocycles. The van der Waals surface area contributed by atoms with Crippen molar-refractivity contribution in [1.82, 2.24) is 9.80 Å². The van der Waals surface area contributed by atoms with Crippen molar-refractivity contribution >= 4 is 11.9 Å². The number of piperidine rings is 1. The van der Waals surface area contributed by atoms with Crippen molar-refractivity contribution in [2.45, 2.75) is 38.5 Å². The van der Waals surface area contributed by atoms with E-state index in [9.17, 15) is 9.59 Å². The largest absolute Gasteiger partial charge is 0.481 e. The molecule has 1 amide bonds. The zero-order valence-electron chi connectivity index (χ0n) is 11.5. The summed E-state index contributed by atoms with van der Waals surface area (Å²) in [4.78, 5) is 26.7. The van der Waals surface area contributed by atoms with Gasteiger partial charge in [0.2, 0.25) is 5.91 Å². The molecule has 2 saturated heterocycles. The SMILES string of the molecule is O=C(O)CCC1CCN(CC(=O)N2CCCC2)CC1. The van der Waals surface area contributed by atoms with E-state index in [1.165, 1.54) is 0 Å². The van der Waals surface area contributed by atoms with Crippen molar-refractivity contribution in [3.05, 3.63) is 0 Å². The molecule has 19 heavy (non-hydrogen) atoms. The van der Waals surface area contributed by atoms with Crippen LogP contribution in [0.15, 0.2) is 0 Å². The highest BCUT2D eigenvalue weighted by Crippen LogP contribution is 2.22. The Morgan fingerprint density at radius 1 is 1.05 bits per heavy atom. The molecule has 5 nitrogen and oxygen atoms in total. The number of hydrogen-bond donors (Lipinski definition) is 1. The molecule has 2 aliphatic rings. The van der Waals surface area contributed by atoms with Gasteiger partial charge in [0.05, 0.1) is 6.54 Å². The van der Waals surface area contributed by atoms with Crippen LogP contribution in [0, 0.1) is 5.92 Å². The Kier molecular flexibility index (Phi) is 5.19. The number of nitrogens with zero attached hydrogens (tertiary/aromatic N) is 2. The molecule has 0 aromatic rings. The van der Waals surface area contributed by atoms with E-state index < -0.39 is 5.97 Å².